The third kappa shape index (κ3) is 4.19. The van der Waals surface area contributed by atoms with Crippen molar-refractivity contribution < 1.29 is 0 Å². The maximum atomic E-state index is 2.58. The van der Waals surface area contributed by atoms with E-state index < -0.39 is 0 Å². The molecule has 0 bridgehead atoms. The Morgan fingerprint density at radius 2 is 1.06 bits per heavy atom. The van der Waals surface area contributed by atoms with Crippen LogP contribution in [0, 0.1) is 0 Å². The van der Waals surface area contributed by atoms with Crippen LogP contribution < -0.4 is 21.3 Å². The lowest BCUT2D eigenvalue weighted by atomic mass is 9.37. The molecule has 0 amide bonds. The zero-order chi connectivity index (χ0) is 32.8. The predicted molar refractivity (Wildman–Crippen MR) is 208 cm³/mol. The fourth-order valence-electron chi connectivity index (χ4n) is 8.35. The van der Waals surface area contributed by atoms with E-state index in [0.29, 0.717) is 17.8 Å². The Bertz CT molecular complexity index is 2360. The van der Waals surface area contributed by atoms with Crippen molar-refractivity contribution in [3.8, 4) is 16.8 Å². The molecule has 0 N–H and O–H groups in total. The van der Waals surface area contributed by atoms with Crippen molar-refractivity contribution in [3.05, 3.63) is 138 Å². The number of benzene rings is 6. The number of nitrogens with zero attached hydrogens (tertiary/aromatic N) is 2. The van der Waals surface area contributed by atoms with Crippen molar-refractivity contribution in [1.82, 2.24) is 4.57 Å². The molecular formula is C45H41BN2. The van der Waals surface area contributed by atoms with Gasteiger partial charge < -0.3 is 9.47 Å². The van der Waals surface area contributed by atoms with Crippen LogP contribution in [-0.2, 0) is 0 Å². The van der Waals surface area contributed by atoms with E-state index >= 15 is 0 Å². The van der Waals surface area contributed by atoms with E-state index in [1.807, 2.05) is 0 Å². The largest absolute Gasteiger partial charge is 0.311 e. The molecule has 1 aromatic heterocycles. The fraction of sp³-hybridized carbons (Fsp3) is 0.200. The van der Waals surface area contributed by atoms with Gasteiger partial charge in [0.25, 0.3) is 0 Å². The molecule has 0 saturated carbocycles. The topological polar surface area (TPSA) is 8.17 Å². The van der Waals surface area contributed by atoms with Gasteiger partial charge in [-0.3, -0.25) is 0 Å². The number of aromatic nitrogens is 1. The van der Waals surface area contributed by atoms with Crippen molar-refractivity contribution >= 4 is 62.0 Å². The maximum absolute atomic E-state index is 2.58. The second-order valence-corrected chi connectivity index (χ2v) is 14.8. The Labute approximate surface area is 284 Å². The van der Waals surface area contributed by atoms with Crippen LogP contribution in [0.5, 0.6) is 0 Å². The van der Waals surface area contributed by atoms with E-state index in [0.717, 1.165) is 0 Å². The molecule has 2 aliphatic heterocycles. The van der Waals surface area contributed by atoms with E-state index in [1.54, 1.807) is 0 Å². The number of anilines is 3. The van der Waals surface area contributed by atoms with Crippen LogP contribution in [0.4, 0.5) is 17.1 Å². The van der Waals surface area contributed by atoms with Gasteiger partial charge in [0.05, 0.1) is 11.0 Å². The Balaban J connectivity index is 1.42. The average Bonchev–Trinajstić information content (AvgIpc) is 3.61. The molecule has 2 nitrogen and oxygen atoms in total. The number of hydrogen-bond acceptors (Lipinski definition) is 1. The highest BCUT2D eigenvalue weighted by molar-refractivity contribution is 7.01. The van der Waals surface area contributed by atoms with E-state index in [9.17, 15) is 0 Å². The molecule has 0 radical (unpaired) electrons. The molecule has 9 rings (SSSR count). The van der Waals surface area contributed by atoms with Crippen molar-refractivity contribution in [2.24, 2.45) is 0 Å². The van der Waals surface area contributed by atoms with Gasteiger partial charge in [-0.1, -0.05) is 126 Å². The molecule has 48 heavy (non-hydrogen) atoms. The summed E-state index contributed by atoms with van der Waals surface area (Å²) < 4.78 is 2.49. The standard InChI is InChI=1S/C45H41BN2/c1-27(2)30-12-11-13-33(22-30)47-43-24-32(29(5)6)19-21-40(43)46-39-20-18-31(28(3)4)23-37(39)38-25-34(26-44(47)45(38)46)48-41-16-9-7-14-35(41)36-15-8-10-17-42(36)48/h7-29H,1-6H3. The molecule has 0 unspecified atom stereocenters. The minimum absolute atomic E-state index is 0.194. The molecule has 3 heteroatoms. The fourth-order valence-corrected chi connectivity index (χ4v) is 8.35. The maximum Gasteiger partial charge on any atom is 0.248 e. The van der Waals surface area contributed by atoms with Crippen LogP contribution in [-0.4, -0.2) is 11.3 Å². The van der Waals surface area contributed by atoms with Gasteiger partial charge >= 0.3 is 0 Å². The number of rotatable bonds is 5. The van der Waals surface area contributed by atoms with Crippen LogP contribution in [0.15, 0.2) is 121 Å². The number of hydrogen-bond donors (Lipinski definition) is 0. The van der Waals surface area contributed by atoms with Crippen LogP contribution in [0.1, 0.15) is 76.0 Å². The number of para-hydroxylation sites is 2. The van der Waals surface area contributed by atoms with Crippen LogP contribution in [0.25, 0.3) is 38.6 Å². The minimum atomic E-state index is 0.194. The molecule has 2 aliphatic rings. The quantitative estimate of drug-likeness (QED) is 0.174. The van der Waals surface area contributed by atoms with Crippen LogP contribution in [0.2, 0.25) is 0 Å². The van der Waals surface area contributed by atoms with E-state index in [1.165, 1.54) is 88.8 Å². The summed E-state index contributed by atoms with van der Waals surface area (Å²) in [5.74, 6) is 1.33. The summed E-state index contributed by atoms with van der Waals surface area (Å²) in [6.45, 7) is 14.0. The second kappa shape index (κ2) is 10.8. The van der Waals surface area contributed by atoms with Gasteiger partial charge in [-0.25, -0.2) is 0 Å². The summed E-state index contributed by atoms with van der Waals surface area (Å²) in [6.07, 6.45) is 0. The van der Waals surface area contributed by atoms with Crippen LogP contribution >= 0.6 is 0 Å². The molecule has 6 aromatic carbocycles. The lowest BCUT2D eigenvalue weighted by Crippen LogP contribution is -2.54. The molecule has 0 atom stereocenters. The summed E-state index contributed by atoms with van der Waals surface area (Å²) in [7, 11) is 0. The zero-order valence-corrected chi connectivity index (χ0v) is 28.8. The first kappa shape index (κ1) is 29.1. The van der Waals surface area contributed by atoms with E-state index in [4.69, 9.17) is 0 Å². The monoisotopic (exact) mass is 620 g/mol. The summed E-state index contributed by atoms with van der Waals surface area (Å²) >= 11 is 0. The van der Waals surface area contributed by atoms with Gasteiger partial charge in [-0.05, 0) is 99.0 Å². The van der Waals surface area contributed by atoms with Gasteiger partial charge in [0.2, 0.25) is 6.71 Å². The molecule has 7 aromatic rings. The molecular weight excluding hydrogens is 579 g/mol. The van der Waals surface area contributed by atoms with Gasteiger partial charge in [0.1, 0.15) is 0 Å². The molecule has 3 heterocycles. The van der Waals surface area contributed by atoms with Gasteiger partial charge in [-0.15, -0.1) is 0 Å². The molecule has 0 fully saturated rings. The first-order valence-corrected chi connectivity index (χ1v) is 17.6. The Morgan fingerprint density at radius 3 is 1.73 bits per heavy atom. The SMILES string of the molecule is CC(C)c1cccc(N2c3cc(C(C)C)ccc3B3c4ccc(C(C)C)cc4-c4cc(-n5c6ccccc6c6ccccc65)cc2c43)c1. The summed E-state index contributed by atoms with van der Waals surface area (Å²) in [4.78, 5) is 2.58. The Hall–Kier alpha value is -5.02. The van der Waals surface area contributed by atoms with Crippen molar-refractivity contribution in [3.63, 3.8) is 0 Å². The Kier molecular flexibility index (Phi) is 6.53. The van der Waals surface area contributed by atoms with Crippen LogP contribution in [0.3, 0.4) is 0 Å². The lowest BCUT2D eigenvalue weighted by Gasteiger charge is -2.37. The highest BCUT2D eigenvalue weighted by atomic mass is 15.2. The highest BCUT2D eigenvalue weighted by Crippen LogP contribution is 2.44. The lowest BCUT2D eigenvalue weighted by molar-refractivity contribution is 0.865. The van der Waals surface area contributed by atoms with E-state index in [-0.39, 0.29) is 6.71 Å². The second-order valence-electron chi connectivity index (χ2n) is 14.8. The van der Waals surface area contributed by atoms with Gasteiger partial charge in [0.15, 0.2) is 0 Å². The van der Waals surface area contributed by atoms with Gasteiger partial charge in [0, 0.05) is 33.5 Å². The third-order valence-electron chi connectivity index (χ3n) is 10.9. The third-order valence-corrected chi connectivity index (χ3v) is 10.9. The highest BCUT2D eigenvalue weighted by Gasteiger charge is 2.43. The first-order valence-electron chi connectivity index (χ1n) is 17.6. The number of fused-ring (bicyclic) bond motifs is 8. The van der Waals surface area contributed by atoms with Crippen molar-refractivity contribution in [2.75, 3.05) is 4.90 Å². The minimum Gasteiger partial charge on any atom is -0.311 e. The summed E-state index contributed by atoms with van der Waals surface area (Å²) in [6, 6.07) is 46.5. The van der Waals surface area contributed by atoms with E-state index in [2.05, 4.69) is 172 Å². The summed E-state index contributed by atoms with van der Waals surface area (Å²) in [5.41, 5.74) is 18.6. The smallest absolute Gasteiger partial charge is 0.248 e. The van der Waals surface area contributed by atoms with Gasteiger partial charge in [-0.2, -0.15) is 0 Å². The summed E-state index contributed by atoms with van der Waals surface area (Å²) in [5, 5.41) is 2.58. The van der Waals surface area contributed by atoms with Crippen molar-refractivity contribution in [2.45, 2.75) is 59.3 Å². The Morgan fingerprint density at radius 1 is 0.458 bits per heavy atom. The molecule has 0 spiro atoms. The first-order chi connectivity index (χ1) is 23.3. The molecule has 234 valence electrons. The van der Waals surface area contributed by atoms with Crippen molar-refractivity contribution in [1.29, 1.82) is 0 Å². The average molecular weight is 621 g/mol. The normalized spacial score (nSPS) is 13.3. The molecule has 0 aliphatic carbocycles. The predicted octanol–water partition coefficient (Wildman–Crippen LogP) is 10.4. The zero-order valence-electron chi connectivity index (χ0n) is 28.8. The molecule has 0 saturated heterocycles.